The predicted octanol–water partition coefficient (Wildman–Crippen LogP) is 4.54. The summed E-state index contributed by atoms with van der Waals surface area (Å²) in [5.74, 6) is 0.528. The molecular weight excluding hydrogens is 298 g/mol. The lowest BCUT2D eigenvalue weighted by Gasteiger charge is -2.12. The van der Waals surface area contributed by atoms with E-state index < -0.39 is 0 Å². The van der Waals surface area contributed by atoms with Gasteiger partial charge in [-0.2, -0.15) is 0 Å². The third-order valence-corrected chi connectivity index (χ3v) is 3.92. The summed E-state index contributed by atoms with van der Waals surface area (Å²) in [6.45, 7) is 3.94. The van der Waals surface area contributed by atoms with Crippen molar-refractivity contribution < 1.29 is 9.53 Å². The van der Waals surface area contributed by atoms with E-state index in [2.05, 4.69) is 29.6 Å². The van der Waals surface area contributed by atoms with Crippen molar-refractivity contribution in [1.82, 2.24) is 0 Å². The molecule has 0 atom stereocenters. The van der Waals surface area contributed by atoms with Gasteiger partial charge in [0.25, 0.3) is 0 Å². The summed E-state index contributed by atoms with van der Waals surface area (Å²) in [4.78, 5) is 12.1. The van der Waals surface area contributed by atoms with Crippen LogP contribution < -0.4 is 10.1 Å². The standard InChI is InChI=1S/C18H20ClNO2/c1-12-4-6-14(7-5-12)8-9-18(21)20-16-10-13(2)15(19)11-17(16)22-3/h4-7,10-11H,8-9H2,1-3H3,(H,20,21). The normalized spacial score (nSPS) is 10.4. The molecule has 22 heavy (non-hydrogen) atoms. The molecule has 4 heteroatoms. The second kappa shape index (κ2) is 7.32. The van der Waals surface area contributed by atoms with Crippen LogP contribution >= 0.6 is 11.6 Å². The maximum Gasteiger partial charge on any atom is 0.224 e. The number of nitrogens with one attached hydrogen (secondary N) is 1. The Morgan fingerprint density at radius 1 is 1.18 bits per heavy atom. The number of rotatable bonds is 5. The number of halogens is 1. The second-order valence-corrected chi connectivity index (χ2v) is 5.74. The average molecular weight is 318 g/mol. The molecule has 2 rings (SSSR count). The molecule has 0 saturated carbocycles. The van der Waals surface area contributed by atoms with Gasteiger partial charge in [-0.1, -0.05) is 41.4 Å². The van der Waals surface area contributed by atoms with E-state index in [1.54, 1.807) is 13.2 Å². The number of benzene rings is 2. The van der Waals surface area contributed by atoms with Crippen LogP contribution in [0.25, 0.3) is 0 Å². The van der Waals surface area contributed by atoms with E-state index >= 15 is 0 Å². The van der Waals surface area contributed by atoms with E-state index in [-0.39, 0.29) is 5.91 Å². The maximum atomic E-state index is 12.1. The Morgan fingerprint density at radius 2 is 1.86 bits per heavy atom. The molecule has 2 aromatic carbocycles. The molecule has 0 unspecified atom stereocenters. The highest BCUT2D eigenvalue weighted by atomic mass is 35.5. The molecule has 0 radical (unpaired) electrons. The first-order valence-corrected chi connectivity index (χ1v) is 7.57. The zero-order valence-corrected chi connectivity index (χ0v) is 13.8. The second-order valence-electron chi connectivity index (χ2n) is 5.34. The van der Waals surface area contributed by atoms with Gasteiger partial charge >= 0.3 is 0 Å². The first kappa shape index (κ1) is 16.4. The van der Waals surface area contributed by atoms with Gasteiger partial charge in [0.05, 0.1) is 12.8 Å². The molecule has 2 aromatic rings. The van der Waals surface area contributed by atoms with Gasteiger partial charge in [-0.15, -0.1) is 0 Å². The van der Waals surface area contributed by atoms with Crippen LogP contribution in [-0.2, 0) is 11.2 Å². The third-order valence-electron chi connectivity index (χ3n) is 3.52. The predicted molar refractivity (Wildman–Crippen MR) is 90.9 cm³/mol. The molecule has 0 spiro atoms. The molecule has 0 aliphatic carbocycles. The Hall–Kier alpha value is -2.00. The van der Waals surface area contributed by atoms with Gasteiger partial charge in [0.1, 0.15) is 5.75 Å². The van der Waals surface area contributed by atoms with Gasteiger partial charge < -0.3 is 10.1 Å². The summed E-state index contributed by atoms with van der Waals surface area (Å²) >= 11 is 6.06. The van der Waals surface area contributed by atoms with Crippen LogP contribution in [0.2, 0.25) is 5.02 Å². The minimum Gasteiger partial charge on any atom is -0.495 e. The van der Waals surface area contributed by atoms with Crippen molar-refractivity contribution in [3.8, 4) is 5.75 Å². The highest BCUT2D eigenvalue weighted by molar-refractivity contribution is 6.31. The molecule has 116 valence electrons. The highest BCUT2D eigenvalue weighted by Gasteiger charge is 2.10. The van der Waals surface area contributed by atoms with Gasteiger partial charge in [0.15, 0.2) is 0 Å². The SMILES string of the molecule is COc1cc(Cl)c(C)cc1NC(=O)CCc1ccc(C)cc1. The molecule has 1 amide bonds. The van der Waals surface area contributed by atoms with Gasteiger partial charge in [-0.3, -0.25) is 4.79 Å². The molecule has 0 aliphatic rings. The van der Waals surface area contributed by atoms with Gasteiger partial charge in [-0.05, 0) is 37.5 Å². The summed E-state index contributed by atoms with van der Waals surface area (Å²) in [6.07, 6.45) is 1.13. The number of methoxy groups -OCH3 is 1. The number of hydrogen-bond acceptors (Lipinski definition) is 2. The molecule has 3 nitrogen and oxygen atoms in total. The molecule has 0 aliphatic heterocycles. The van der Waals surface area contributed by atoms with Gasteiger partial charge in [0, 0.05) is 17.5 Å². The quantitative estimate of drug-likeness (QED) is 0.879. The minimum absolute atomic E-state index is 0.0411. The van der Waals surface area contributed by atoms with Crippen LogP contribution in [0, 0.1) is 13.8 Å². The van der Waals surface area contributed by atoms with Crippen molar-refractivity contribution in [1.29, 1.82) is 0 Å². The fourth-order valence-corrected chi connectivity index (χ4v) is 2.31. The van der Waals surface area contributed by atoms with Crippen molar-refractivity contribution >= 4 is 23.2 Å². The van der Waals surface area contributed by atoms with Crippen molar-refractivity contribution in [3.05, 3.63) is 58.1 Å². The Kier molecular flexibility index (Phi) is 5.45. The van der Waals surface area contributed by atoms with Crippen LogP contribution in [0.4, 0.5) is 5.69 Å². The molecule has 0 saturated heterocycles. The number of anilines is 1. The fraction of sp³-hybridized carbons (Fsp3) is 0.278. The van der Waals surface area contributed by atoms with Crippen LogP contribution in [0.5, 0.6) is 5.75 Å². The van der Waals surface area contributed by atoms with E-state index in [0.29, 0.717) is 29.3 Å². The van der Waals surface area contributed by atoms with Gasteiger partial charge in [0.2, 0.25) is 5.91 Å². The molecule has 1 N–H and O–H groups in total. The highest BCUT2D eigenvalue weighted by Crippen LogP contribution is 2.31. The van der Waals surface area contributed by atoms with E-state index in [0.717, 1.165) is 11.1 Å². The molecular formula is C18H20ClNO2. The molecule has 0 heterocycles. The number of carbonyl (C=O) groups is 1. The van der Waals surface area contributed by atoms with Crippen LogP contribution in [0.1, 0.15) is 23.1 Å². The molecule has 0 fully saturated rings. The zero-order chi connectivity index (χ0) is 16.1. The van der Waals surface area contributed by atoms with E-state index in [1.165, 1.54) is 5.56 Å². The summed E-state index contributed by atoms with van der Waals surface area (Å²) in [7, 11) is 1.56. The third kappa shape index (κ3) is 4.25. The molecule has 0 bridgehead atoms. The minimum atomic E-state index is -0.0411. The Bertz CT molecular complexity index is 666. The van der Waals surface area contributed by atoms with E-state index in [9.17, 15) is 4.79 Å². The largest absolute Gasteiger partial charge is 0.495 e. The topological polar surface area (TPSA) is 38.3 Å². The number of hydrogen-bond donors (Lipinski definition) is 1. The monoisotopic (exact) mass is 317 g/mol. The van der Waals surface area contributed by atoms with Crippen LogP contribution in [0.3, 0.4) is 0 Å². The molecule has 0 aromatic heterocycles. The number of aryl methyl sites for hydroxylation is 3. The lowest BCUT2D eigenvalue weighted by molar-refractivity contribution is -0.116. The Labute approximate surface area is 136 Å². The Morgan fingerprint density at radius 3 is 2.50 bits per heavy atom. The van der Waals surface area contributed by atoms with E-state index in [4.69, 9.17) is 16.3 Å². The number of amides is 1. The van der Waals surface area contributed by atoms with Crippen LogP contribution in [0.15, 0.2) is 36.4 Å². The van der Waals surface area contributed by atoms with Gasteiger partial charge in [-0.25, -0.2) is 0 Å². The smallest absolute Gasteiger partial charge is 0.224 e. The first-order valence-electron chi connectivity index (χ1n) is 7.19. The van der Waals surface area contributed by atoms with Crippen molar-refractivity contribution in [2.45, 2.75) is 26.7 Å². The van der Waals surface area contributed by atoms with Crippen molar-refractivity contribution in [3.63, 3.8) is 0 Å². The average Bonchev–Trinajstić information content (AvgIpc) is 2.50. The zero-order valence-electron chi connectivity index (χ0n) is 13.1. The summed E-state index contributed by atoms with van der Waals surface area (Å²) in [5.41, 5.74) is 3.92. The number of ether oxygens (including phenoxy) is 1. The van der Waals surface area contributed by atoms with Crippen molar-refractivity contribution in [2.24, 2.45) is 0 Å². The first-order chi connectivity index (χ1) is 10.5. The summed E-state index contributed by atoms with van der Waals surface area (Å²) < 4.78 is 5.26. The lowest BCUT2D eigenvalue weighted by atomic mass is 10.1. The fourth-order valence-electron chi connectivity index (χ4n) is 2.16. The number of carbonyl (C=O) groups excluding carboxylic acids is 1. The summed E-state index contributed by atoms with van der Waals surface area (Å²) in [5, 5.41) is 3.51. The van der Waals surface area contributed by atoms with Crippen molar-refractivity contribution in [2.75, 3.05) is 12.4 Å². The van der Waals surface area contributed by atoms with Crippen LogP contribution in [-0.4, -0.2) is 13.0 Å². The maximum absolute atomic E-state index is 12.1. The van der Waals surface area contributed by atoms with E-state index in [1.807, 2.05) is 19.9 Å². The Balaban J connectivity index is 2.00. The lowest BCUT2D eigenvalue weighted by Crippen LogP contribution is -2.13. The summed E-state index contributed by atoms with van der Waals surface area (Å²) in [6, 6.07) is 11.8.